The Morgan fingerprint density at radius 3 is 2.61 bits per heavy atom. The van der Waals surface area contributed by atoms with Crippen LogP contribution in [-0.2, 0) is 10.3 Å². The number of ketones is 1. The van der Waals surface area contributed by atoms with Gasteiger partial charge in [0.15, 0.2) is 11.3 Å². The zero-order valence-electron chi connectivity index (χ0n) is 15.7. The van der Waals surface area contributed by atoms with Crippen LogP contribution in [0.2, 0.25) is 0 Å². The van der Waals surface area contributed by atoms with E-state index in [1.54, 1.807) is 50.2 Å². The summed E-state index contributed by atoms with van der Waals surface area (Å²) in [5.41, 5.74) is -0.713. The number of carbonyl (C=O) groups excluding carboxylic acids is 3. The highest BCUT2D eigenvalue weighted by Crippen LogP contribution is 2.29. The van der Waals surface area contributed by atoms with Gasteiger partial charge in [-0.2, -0.15) is 0 Å². The van der Waals surface area contributed by atoms with Crippen LogP contribution >= 0.6 is 0 Å². The number of benzene rings is 1. The zero-order valence-corrected chi connectivity index (χ0v) is 15.7. The molecule has 2 N–H and O–H groups in total. The topological polar surface area (TPSA) is 109 Å². The average molecular weight is 386 g/mol. The van der Waals surface area contributed by atoms with E-state index < -0.39 is 23.6 Å². The molecule has 3 amide bonds. The molecule has 8 heteroatoms. The van der Waals surface area contributed by atoms with Gasteiger partial charge in [-0.15, -0.1) is 0 Å². The molecule has 0 unspecified atom stereocenters. The lowest BCUT2D eigenvalue weighted by Crippen LogP contribution is -2.42. The fourth-order valence-electron chi connectivity index (χ4n) is 2.99. The van der Waals surface area contributed by atoms with E-state index >= 15 is 0 Å². The molecule has 8 nitrogen and oxygen atoms in total. The lowest BCUT2D eigenvalue weighted by Gasteiger charge is -2.20. The number of carbonyl (C=O) groups is 3. The van der Waals surface area contributed by atoms with E-state index in [1.165, 1.54) is 6.26 Å². The Kier molecular flexibility index (Phi) is 5.51. The highest BCUT2D eigenvalue weighted by Gasteiger charge is 2.51. The first kappa shape index (κ1) is 19.6. The van der Waals surface area contributed by atoms with Gasteiger partial charge in [-0.3, -0.25) is 14.5 Å². The molecular weight excluding hydrogens is 364 g/mol. The van der Waals surface area contributed by atoms with Crippen molar-refractivity contribution in [3.05, 3.63) is 54.0 Å². The third-order valence-corrected chi connectivity index (χ3v) is 4.62. The zero-order chi connectivity index (χ0) is 20.3. The Hall–Kier alpha value is -3.13. The van der Waals surface area contributed by atoms with Crippen LogP contribution in [0.1, 0.15) is 36.4 Å². The first-order chi connectivity index (χ1) is 13.3. The predicted octanol–water partition coefficient (Wildman–Crippen LogP) is 2.08. The van der Waals surface area contributed by atoms with Gasteiger partial charge in [0, 0.05) is 12.0 Å². The molecule has 148 valence electrons. The molecule has 0 radical (unpaired) electrons. The average Bonchev–Trinajstić information content (AvgIpc) is 3.31. The Labute approximate surface area is 162 Å². The molecular formula is C20H22N2O6. The van der Waals surface area contributed by atoms with Gasteiger partial charge in [0.05, 0.1) is 12.8 Å². The highest BCUT2D eigenvalue weighted by molar-refractivity contribution is 6.06. The van der Waals surface area contributed by atoms with Gasteiger partial charge >= 0.3 is 6.03 Å². The third-order valence-electron chi connectivity index (χ3n) is 4.62. The highest BCUT2D eigenvalue weighted by atomic mass is 16.5. The molecule has 3 rings (SSSR count). The first-order valence-electron chi connectivity index (χ1n) is 8.97. The van der Waals surface area contributed by atoms with E-state index in [9.17, 15) is 19.5 Å². The molecule has 1 saturated heterocycles. The summed E-state index contributed by atoms with van der Waals surface area (Å²) in [6.45, 7) is 3.01. The Bertz CT molecular complexity index is 861. The van der Waals surface area contributed by atoms with Crippen LogP contribution < -0.4 is 10.1 Å². The van der Waals surface area contributed by atoms with Crippen LogP contribution in [0.3, 0.4) is 0 Å². The van der Waals surface area contributed by atoms with Crippen LogP contribution in [0.15, 0.2) is 47.1 Å². The summed E-state index contributed by atoms with van der Waals surface area (Å²) in [6, 6.07) is 9.21. The van der Waals surface area contributed by atoms with Crippen LogP contribution in [0.4, 0.5) is 4.79 Å². The minimum absolute atomic E-state index is 0.0322. The fraction of sp³-hybridized carbons (Fsp3) is 0.350. The number of β-amino-alcohol motifs (C(OH)–C–C–N with tert-alkyl or cyclic N) is 1. The maximum atomic E-state index is 12.7. The Balaban J connectivity index is 1.57. The molecule has 2 atom stereocenters. The second-order valence-corrected chi connectivity index (χ2v) is 6.71. The van der Waals surface area contributed by atoms with Gasteiger partial charge in [0.2, 0.25) is 0 Å². The summed E-state index contributed by atoms with van der Waals surface area (Å²) >= 11 is 0. The van der Waals surface area contributed by atoms with E-state index in [0.717, 1.165) is 4.90 Å². The van der Waals surface area contributed by atoms with Gasteiger partial charge in [-0.25, -0.2) is 4.79 Å². The predicted molar refractivity (Wildman–Crippen MR) is 98.9 cm³/mol. The smallest absolute Gasteiger partial charge is 0.325 e. The number of aliphatic hydroxyl groups is 1. The van der Waals surface area contributed by atoms with Gasteiger partial charge in [-0.05, 0) is 43.3 Å². The maximum absolute atomic E-state index is 12.7. The molecule has 1 fully saturated rings. The molecule has 0 bridgehead atoms. The number of urea groups is 1. The van der Waals surface area contributed by atoms with Crippen molar-refractivity contribution in [1.82, 2.24) is 10.2 Å². The number of rotatable bonds is 8. The molecule has 0 saturated carbocycles. The van der Waals surface area contributed by atoms with Gasteiger partial charge in [0.25, 0.3) is 5.91 Å². The molecule has 1 aromatic carbocycles. The number of aliphatic hydroxyl groups excluding tert-OH is 1. The lowest BCUT2D eigenvalue weighted by atomic mass is 9.99. The first-order valence-corrected chi connectivity index (χ1v) is 8.97. The van der Waals surface area contributed by atoms with E-state index in [-0.39, 0.29) is 18.9 Å². The molecule has 28 heavy (non-hydrogen) atoms. The number of Topliss-reactive ketones (excluding diaryl/α,β-unsaturated/α-hetero) is 1. The normalized spacial score (nSPS) is 20.2. The van der Waals surface area contributed by atoms with Crippen molar-refractivity contribution in [3.63, 3.8) is 0 Å². The Morgan fingerprint density at radius 2 is 2.00 bits per heavy atom. The number of furan rings is 1. The van der Waals surface area contributed by atoms with Crippen molar-refractivity contribution >= 4 is 17.7 Å². The van der Waals surface area contributed by atoms with Crippen LogP contribution in [-0.4, -0.2) is 47.0 Å². The second kappa shape index (κ2) is 7.85. The van der Waals surface area contributed by atoms with Gasteiger partial charge in [0.1, 0.15) is 24.2 Å². The van der Waals surface area contributed by atoms with Gasteiger partial charge in [-0.1, -0.05) is 6.92 Å². The lowest BCUT2D eigenvalue weighted by molar-refractivity contribution is -0.132. The maximum Gasteiger partial charge on any atom is 0.325 e. The Morgan fingerprint density at radius 1 is 1.29 bits per heavy atom. The summed E-state index contributed by atoms with van der Waals surface area (Å²) < 4.78 is 10.8. The molecule has 2 heterocycles. The third kappa shape index (κ3) is 3.77. The van der Waals surface area contributed by atoms with E-state index in [2.05, 4.69) is 5.32 Å². The number of nitrogens with zero attached hydrogens (tertiary/aromatic N) is 1. The fourth-order valence-corrected chi connectivity index (χ4v) is 2.99. The van der Waals surface area contributed by atoms with E-state index in [0.29, 0.717) is 23.5 Å². The molecule has 2 aromatic rings. The summed E-state index contributed by atoms with van der Waals surface area (Å²) in [6.07, 6.45) is 0.762. The largest absolute Gasteiger partial charge is 0.491 e. The number of hydrogen-bond acceptors (Lipinski definition) is 6. The number of hydrogen-bond donors (Lipinski definition) is 2. The number of amides is 3. The molecule has 1 aliphatic rings. The van der Waals surface area contributed by atoms with Crippen LogP contribution in [0.5, 0.6) is 5.75 Å². The molecule has 0 spiro atoms. The second-order valence-electron chi connectivity index (χ2n) is 6.71. The SMILES string of the molecule is CCC(=O)c1ccc(OC[C@H](O)CN2C(=O)N[C@](C)(c3ccco3)C2=O)cc1. The number of nitrogens with one attached hydrogen (secondary N) is 1. The summed E-state index contributed by atoms with van der Waals surface area (Å²) in [5.74, 6) is 0.323. The number of ether oxygens (including phenoxy) is 1. The minimum atomic E-state index is -1.30. The monoisotopic (exact) mass is 386 g/mol. The quantitative estimate of drug-likeness (QED) is 0.531. The van der Waals surface area contributed by atoms with Crippen molar-refractivity contribution < 1.29 is 28.6 Å². The number of imide groups is 1. The van der Waals surface area contributed by atoms with Crippen LogP contribution in [0, 0.1) is 0 Å². The van der Waals surface area contributed by atoms with Crippen molar-refractivity contribution in [2.75, 3.05) is 13.2 Å². The standard InChI is InChI=1S/C20H22N2O6/c1-3-16(24)13-6-8-15(9-7-13)28-12-14(23)11-22-18(25)20(2,21-19(22)26)17-5-4-10-27-17/h4-10,14,23H,3,11-12H2,1-2H3,(H,21,26)/t14-,20-/m1/s1. The summed E-state index contributed by atoms with van der Waals surface area (Å²) in [4.78, 5) is 37.4. The summed E-state index contributed by atoms with van der Waals surface area (Å²) in [7, 11) is 0. The van der Waals surface area contributed by atoms with E-state index in [4.69, 9.17) is 9.15 Å². The van der Waals surface area contributed by atoms with Crippen molar-refractivity contribution in [1.29, 1.82) is 0 Å². The minimum Gasteiger partial charge on any atom is -0.491 e. The molecule has 0 aliphatic carbocycles. The van der Waals surface area contributed by atoms with Crippen molar-refractivity contribution in [2.24, 2.45) is 0 Å². The molecule has 1 aromatic heterocycles. The molecule has 1 aliphatic heterocycles. The summed E-state index contributed by atoms with van der Waals surface area (Å²) in [5, 5.41) is 12.8. The van der Waals surface area contributed by atoms with E-state index in [1.807, 2.05) is 0 Å². The van der Waals surface area contributed by atoms with Gasteiger partial charge < -0.3 is 19.6 Å². The van der Waals surface area contributed by atoms with Crippen molar-refractivity contribution in [2.45, 2.75) is 31.9 Å². The van der Waals surface area contributed by atoms with Crippen molar-refractivity contribution in [3.8, 4) is 5.75 Å². The van der Waals surface area contributed by atoms with Crippen LogP contribution in [0.25, 0.3) is 0 Å².